The van der Waals surface area contributed by atoms with Crippen molar-refractivity contribution in [1.82, 2.24) is 10.6 Å². The summed E-state index contributed by atoms with van der Waals surface area (Å²) in [5, 5.41) is 5.13. The van der Waals surface area contributed by atoms with E-state index in [1.54, 1.807) is 20.8 Å². The quantitative estimate of drug-likeness (QED) is 0.474. The van der Waals surface area contributed by atoms with Crippen molar-refractivity contribution < 1.29 is 14.3 Å². The van der Waals surface area contributed by atoms with Gasteiger partial charge in [0.15, 0.2) is 0 Å². The minimum Gasteiger partial charge on any atom is -0.444 e. The van der Waals surface area contributed by atoms with Crippen LogP contribution in [0.4, 0.5) is 4.79 Å². The molecule has 0 unspecified atom stereocenters. The third-order valence-electron chi connectivity index (χ3n) is 1.88. The van der Waals surface area contributed by atoms with Gasteiger partial charge in [-0.15, -0.1) is 0 Å². The fourth-order valence-electron chi connectivity index (χ4n) is 1.19. The molecule has 86 valence electrons. The van der Waals surface area contributed by atoms with Crippen LogP contribution in [0.1, 0.15) is 20.8 Å². The minimum absolute atomic E-state index is 0.103. The number of rotatable bonds is 2. The zero-order chi connectivity index (χ0) is 11.6. The summed E-state index contributed by atoms with van der Waals surface area (Å²) < 4.78 is 5.03. The molecule has 0 spiro atoms. The first-order valence-corrected chi connectivity index (χ1v) is 5.37. The molecule has 15 heavy (non-hydrogen) atoms. The molecule has 0 aromatic rings. The van der Waals surface area contributed by atoms with Gasteiger partial charge in [-0.25, -0.2) is 4.79 Å². The third-order valence-corrected chi connectivity index (χ3v) is 2.27. The number of alkyl carbamates (subject to hydrolysis) is 1. The van der Waals surface area contributed by atoms with Crippen molar-refractivity contribution in [2.75, 3.05) is 5.75 Å². The van der Waals surface area contributed by atoms with Crippen molar-refractivity contribution >= 4 is 24.6 Å². The van der Waals surface area contributed by atoms with Crippen molar-refractivity contribution in [3.05, 3.63) is 0 Å². The fourth-order valence-corrected chi connectivity index (χ4v) is 1.50. The van der Waals surface area contributed by atoms with Crippen LogP contribution >= 0.6 is 12.6 Å². The van der Waals surface area contributed by atoms with E-state index in [1.165, 1.54) is 0 Å². The third kappa shape index (κ3) is 3.30. The maximum absolute atomic E-state index is 11.3. The van der Waals surface area contributed by atoms with E-state index in [0.29, 0.717) is 5.75 Å². The Bertz CT molecular complexity index is 275. The zero-order valence-electron chi connectivity index (χ0n) is 9.03. The van der Waals surface area contributed by atoms with Crippen LogP contribution < -0.4 is 10.6 Å². The minimum atomic E-state index is -0.575. The second-order valence-electron chi connectivity index (χ2n) is 4.42. The van der Waals surface area contributed by atoms with Crippen LogP contribution in [-0.4, -0.2) is 35.4 Å². The molecule has 1 aliphatic rings. The van der Waals surface area contributed by atoms with Gasteiger partial charge in [0, 0.05) is 5.75 Å². The van der Waals surface area contributed by atoms with Gasteiger partial charge in [-0.1, -0.05) is 0 Å². The monoisotopic (exact) mass is 232 g/mol. The number of thiol groups is 1. The molecule has 1 saturated heterocycles. The topological polar surface area (TPSA) is 67.4 Å². The number of hydrogen-bond acceptors (Lipinski definition) is 4. The molecule has 2 N–H and O–H groups in total. The van der Waals surface area contributed by atoms with Gasteiger partial charge in [0.1, 0.15) is 11.6 Å². The van der Waals surface area contributed by atoms with Crippen LogP contribution in [0.5, 0.6) is 0 Å². The van der Waals surface area contributed by atoms with Crippen molar-refractivity contribution in [2.45, 2.75) is 38.5 Å². The van der Waals surface area contributed by atoms with Crippen LogP contribution in [0, 0.1) is 0 Å². The van der Waals surface area contributed by atoms with Crippen LogP contribution in [0.2, 0.25) is 0 Å². The van der Waals surface area contributed by atoms with Crippen molar-refractivity contribution in [1.29, 1.82) is 0 Å². The Labute approximate surface area is 94.3 Å². The summed E-state index contributed by atoms with van der Waals surface area (Å²) in [7, 11) is 0. The summed E-state index contributed by atoms with van der Waals surface area (Å²) >= 11 is 4.05. The zero-order valence-corrected chi connectivity index (χ0v) is 9.93. The Hall–Kier alpha value is -0.910. The van der Waals surface area contributed by atoms with Crippen molar-refractivity contribution in [3.63, 3.8) is 0 Å². The molecular formula is C9H16N2O3S. The molecule has 2 amide bonds. The van der Waals surface area contributed by atoms with E-state index in [0.717, 1.165) is 0 Å². The van der Waals surface area contributed by atoms with Gasteiger partial charge in [-0.05, 0) is 20.8 Å². The predicted molar refractivity (Wildman–Crippen MR) is 58.9 cm³/mol. The Morgan fingerprint density at radius 1 is 1.60 bits per heavy atom. The Kier molecular flexibility index (Phi) is 3.49. The predicted octanol–water partition coefficient (Wildman–Crippen LogP) is 0.308. The lowest BCUT2D eigenvalue weighted by molar-refractivity contribution is -0.131. The molecule has 1 heterocycles. The number of carbonyl (C=O) groups excluding carboxylic acids is 2. The Morgan fingerprint density at radius 2 is 2.20 bits per heavy atom. The fraction of sp³-hybridized carbons (Fsp3) is 0.778. The first-order chi connectivity index (χ1) is 6.83. The van der Waals surface area contributed by atoms with E-state index in [4.69, 9.17) is 4.74 Å². The van der Waals surface area contributed by atoms with Gasteiger partial charge in [0.25, 0.3) is 0 Å². The number of β-lactam (4-membered cyclic amide) rings is 1. The Balaban J connectivity index is 2.41. The van der Waals surface area contributed by atoms with Crippen LogP contribution in [0.15, 0.2) is 0 Å². The number of nitrogens with one attached hydrogen (secondary N) is 2. The largest absolute Gasteiger partial charge is 0.444 e. The highest BCUT2D eigenvalue weighted by atomic mass is 32.1. The summed E-state index contributed by atoms with van der Waals surface area (Å²) in [6, 6.07) is -0.620. The van der Waals surface area contributed by atoms with Gasteiger partial charge in [0.05, 0.1) is 6.04 Å². The number of hydrogen-bond donors (Lipinski definition) is 3. The molecular weight excluding hydrogens is 216 g/mol. The normalized spacial score (nSPS) is 25.2. The van der Waals surface area contributed by atoms with Gasteiger partial charge >= 0.3 is 6.09 Å². The van der Waals surface area contributed by atoms with E-state index in [-0.39, 0.29) is 11.9 Å². The average Bonchev–Trinajstić information content (AvgIpc) is 2.07. The Morgan fingerprint density at radius 3 is 2.60 bits per heavy atom. The second kappa shape index (κ2) is 4.30. The number of amides is 2. The maximum Gasteiger partial charge on any atom is 0.408 e. The highest BCUT2D eigenvalue weighted by Gasteiger charge is 2.40. The molecule has 2 atom stereocenters. The molecule has 5 nitrogen and oxygen atoms in total. The van der Waals surface area contributed by atoms with Crippen molar-refractivity contribution in [2.24, 2.45) is 0 Å². The molecule has 0 radical (unpaired) electrons. The molecule has 0 bridgehead atoms. The number of carbonyl (C=O) groups is 2. The molecule has 0 aromatic heterocycles. The van der Waals surface area contributed by atoms with E-state index < -0.39 is 17.7 Å². The maximum atomic E-state index is 11.3. The van der Waals surface area contributed by atoms with Crippen molar-refractivity contribution in [3.8, 4) is 0 Å². The smallest absolute Gasteiger partial charge is 0.408 e. The standard InChI is InChI=1S/C9H16N2O3S/c1-9(2,3)14-8(13)11-6-5(4-15)10-7(6)12/h5-6,15H,4H2,1-3H3,(H,10,12)(H,11,13)/t5-,6+/m0/s1. The number of ether oxygens (including phenoxy) is 1. The van der Waals surface area contributed by atoms with Gasteiger partial charge in [0.2, 0.25) is 5.91 Å². The summed E-state index contributed by atoms with van der Waals surface area (Å²) in [5.74, 6) is 0.298. The van der Waals surface area contributed by atoms with Crippen LogP contribution in [0.25, 0.3) is 0 Å². The highest BCUT2D eigenvalue weighted by molar-refractivity contribution is 7.80. The van der Waals surface area contributed by atoms with Gasteiger partial charge in [-0.3, -0.25) is 4.79 Å². The lowest BCUT2D eigenvalue weighted by Gasteiger charge is -2.36. The lowest BCUT2D eigenvalue weighted by atomic mass is 10.0. The molecule has 0 aromatic carbocycles. The van der Waals surface area contributed by atoms with E-state index >= 15 is 0 Å². The highest BCUT2D eigenvalue weighted by Crippen LogP contribution is 2.11. The van der Waals surface area contributed by atoms with Crippen LogP contribution in [-0.2, 0) is 9.53 Å². The first kappa shape index (κ1) is 12.2. The molecule has 1 fully saturated rings. The lowest BCUT2D eigenvalue weighted by Crippen LogP contribution is -2.70. The molecule has 1 rings (SSSR count). The summed E-state index contributed by atoms with van der Waals surface area (Å²) in [6.07, 6.45) is -0.575. The van der Waals surface area contributed by atoms with E-state index in [2.05, 4.69) is 23.3 Å². The van der Waals surface area contributed by atoms with E-state index in [1.807, 2.05) is 0 Å². The second-order valence-corrected chi connectivity index (χ2v) is 4.79. The molecule has 6 heteroatoms. The molecule has 1 aliphatic heterocycles. The van der Waals surface area contributed by atoms with E-state index in [9.17, 15) is 9.59 Å². The average molecular weight is 232 g/mol. The summed E-state index contributed by atoms with van der Waals surface area (Å²) in [6.45, 7) is 5.30. The SMILES string of the molecule is CC(C)(C)OC(=O)N[C@H]1C(=O)N[C@H]1CS. The van der Waals surface area contributed by atoms with Gasteiger partial charge in [-0.2, -0.15) is 12.6 Å². The molecule has 0 aliphatic carbocycles. The van der Waals surface area contributed by atoms with Crippen LogP contribution in [0.3, 0.4) is 0 Å². The molecule has 0 saturated carbocycles. The summed E-state index contributed by atoms with van der Waals surface area (Å²) in [5.41, 5.74) is -0.555. The summed E-state index contributed by atoms with van der Waals surface area (Å²) in [4.78, 5) is 22.4. The van der Waals surface area contributed by atoms with Gasteiger partial charge < -0.3 is 15.4 Å². The first-order valence-electron chi connectivity index (χ1n) is 4.74.